The van der Waals surface area contributed by atoms with E-state index in [2.05, 4.69) is 27.7 Å². The van der Waals surface area contributed by atoms with Crippen LogP contribution in [0.1, 0.15) is 50.7 Å². The molecule has 0 atom stereocenters. The number of ether oxygens (including phenoxy) is 3. The van der Waals surface area contributed by atoms with E-state index in [1.807, 2.05) is 18.2 Å². The van der Waals surface area contributed by atoms with Crippen molar-refractivity contribution < 1.29 is 23.8 Å². The summed E-state index contributed by atoms with van der Waals surface area (Å²) >= 11 is 0. The average Bonchev–Trinajstić information content (AvgIpc) is 2.65. The van der Waals surface area contributed by atoms with Gasteiger partial charge in [0, 0.05) is 6.20 Å². The molecule has 1 heterocycles. The van der Waals surface area contributed by atoms with Crippen LogP contribution in [0.4, 0.5) is 4.79 Å². The molecule has 0 radical (unpaired) electrons. The van der Waals surface area contributed by atoms with Crippen LogP contribution in [0.3, 0.4) is 0 Å². The molecule has 1 aliphatic heterocycles. The number of carbonyl (C=O) groups is 2. The monoisotopic (exact) mass is 373 g/mol. The van der Waals surface area contributed by atoms with Crippen LogP contribution in [0.25, 0.3) is 0 Å². The average molecular weight is 373 g/mol. The lowest BCUT2D eigenvalue weighted by Crippen LogP contribution is -2.30. The first-order chi connectivity index (χ1) is 12.8. The highest BCUT2D eigenvalue weighted by Crippen LogP contribution is 2.34. The van der Waals surface area contributed by atoms with E-state index in [-0.39, 0.29) is 18.6 Å². The first-order valence-electron chi connectivity index (χ1n) is 9.00. The van der Waals surface area contributed by atoms with Crippen LogP contribution < -0.4 is 4.74 Å². The second-order valence-corrected chi connectivity index (χ2v) is 6.97. The molecule has 0 saturated carbocycles. The lowest BCUT2D eigenvalue weighted by Gasteiger charge is -2.23. The van der Waals surface area contributed by atoms with Gasteiger partial charge in [0.05, 0.1) is 19.2 Å². The van der Waals surface area contributed by atoms with Gasteiger partial charge in [-0.3, -0.25) is 0 Å². The van der Waals surface area contributed by atoms with Gasteiger partial charge in [-0.25, -0.2) is 9.59 Å². The molecule has 0 spiro atoms. The van der Waals surface area contributed by atoms with Crippen molar-refractivity contribution >= 4 is 12.1 Å². The van der Waals surface area contributed by atoms with Crippen LogP contribution in [0.2, 0.25) is 0 Å². The highest BCUT2D eigenvalue weighted by Gasteiger charge is 2.20. The number of para-hydroxylation sites is 1. The van der Waals surface area contributed by atoms with Gasteiger partial charge >= 0.3 is 12.1 Å². The van der Waals surface area contributed by atoms with Crippen LogP contribution in [0.15, 0.2) is 42.1 Å². The van der Waals surface area contributed by atoms with Crippen molar-refractivity contribution in [3.8, 4) is 5.75 Å². The van der Waals surface area contributed by atoms with Gasteiger partial charge in [-0.2, -0.15) is 0 Å². The van der Waals surface area contributed by atoms with Crippen LogP contribution in [0.5, 0.6) is 5.75 Å². The standard InChI is InChI=1S/C21H27NO5/c1-14(2)17-9-6-10-18(15(3)4)19(17)27-21(24)26-13-22-11-7-8-16(12-22)20(23)25-5/h6-11,14-15H,12-13H2,1-5H3. The summed E-state index contributed by atoms with van der Waals surface area (Å²) in [5, 5.41) is 0. The van der Waals surface area contributed by atoms with Crippen molar-refractivity contribution in [3.63, 3.8) is 0 Å². The fraction of sp³-hybridized carbons (Fsp3) is 0.429. The molecule has 0 amide bonds. The number of nitrogens with zero attached hydrogens (tertiary/aromatic N) is 1. The molecular weight excluding hydrogens is 346 g/mol. The summed E-state index contributed by atoms with van der Waals surface area (Å²) in [6.07, 6.45) is 4.35. The third-order valence-corrected chi connectivity index (χ3v) is 4.27. The Labute approximate surface area is 160 Å². The SMILES string of the molecule is COC(=O)C1=CC=CN(COC(=O)Oc2c(C(C)C)cccc2C(C)C)C1. The highest BCUT2D eigenvalue weighted by molar-refractivity contribution is 5.89. The van der Waals surface area contributed by atoms with Crippen LogP contribution in [0, 0.1) is 0 Å². The minimum absolute atomic E-state index is 0.0233. The van der Waals surface area contributed by atoms with E-state index >= 15 is 0 Å². The lowest BCUT2D eigenvalue weighted by atomic mass is 9.94. The highest BCUT2D eigenvalue weighted by atomic mass is 16.7. The van der Waals surface area contributed by atoms with Crippen molar-refractivity contribution in [2.24, 2.45) is 0 Å². The summed E-state index contributed by atoms with van der Waals surface area (Å²) < 4.78 is 15.5. The number of hydrogen-bond donors (Lipinski definition) is 0. The minimum atomic E-state index is -0.771. The van der Waals surface area contributed by atoms with E-state index in [0.717, 1.165) is 11.1 Å². The zero-order valence-corrected chi connectivity index (χ0v) is 16.5. The number of benzene rings is 1. The normalized spacial score (nSPS) is 13.6. The summed E-state index contributed by atoms with van der Waals surface area (Å²) in [6.45, 7) is 8.49. The summed E-state index contributed by atoms with van der Waals surface area (Å²) in [4.78, 5) is 25.6. The van der Waals surface area contributed by atoms with Crippen molar-refractivity contribution in [2.45, 2.75) is 39.5 Å². The van der Waals surface area contributed by atoms with Gasteiger partial charge in [0.1, 0.15) is 5.75 Å². The van der Waals surface area contributed by atoms with Crippen molar-refractivity contribution in [2.75, 3.05) is 20.4 Å². The van der Waals surface area contributed by atoms with E-state index < -0.39 is 12.1 Å². The fourth-order valence-electron chi connectivity index (χ4n) is 2.81. The fourth-order valence-corrected chi connectivity index (χ4v) is 2.81. The number of methoxy groups -OCH3 is 1. The van der Waals surface area contributed by atoms with E-state index in [0.29, 0.717) is 17.9 Å². The Morgan fingerprint density at radius 2 is 1.74 bits per heavy atom. The smallest absolute Gasteiger partial charge is 0.466 e. The van der Waals surface area contributed by atoms with E-state index in [1.165, 1.54) is 7.11 Å². The molecule has 0 saturated heterocycles. The first-order valence-corrected chi connectivity index (χ1v) is 9.00. The molecule has 2 rings (SSSR count). The van der Waals surface area contributed by atoms with Crippen LogP contribution in [-0.4, -0.2) is 37.4 Å². The van der Waals surface area contributed by atoms with Crippen molar-refractivity contribution in [3.05, 3.63) is 53.3 Å². The first kappa shape index (κ1) is 20.6. The molecule has 0 N–H and O–H groups in total. The third kappa shape index (κ3) is 5.36. The number of esters is 1. The van der Waals surface area contributed by atoms with Crippen molar-refractivity contribution in [1.82, 2.24) is 4.90 Å². The Bertz CT molecular complexity index is 723. The molecular formula is C21H27NO5. The van der Waals surface area contributed by atoms with E-state index in [1.54, 1.807) is 23.3 Å². The maximum Gasteiger partial charge on any atom is 0.515 e. The number of hydrogen-bond acceptors (Lipinski definition) is 6. The molecule has 1 aliphatic rings. The number of allylic oxidation sites excluding steroid dienone is 2. The summed E-state index contributed by atoms with van der Waals surface area (Å²) in [6, 6.07) is 5.89. The van der Waals surface area contributed by atoms with E-state index in [9.17, 15) is 9.59 Å². The minimum Gasteiger partial charge on any atom is -0.466 e. The Balaban J connectivity index is 2.02. The molecule has 0 aromatic heterocycles. The summed E-state index contributed by atoms with van der Waals surface area (Å²) in [5.41, 5.74) is 2.42. The predicted molar refractivity (Wildman–Crippen MR) is 103 cm³/mol. The summed E-state index contributed by atoms with van der Waals surface area (Å²) in [5.74, 6) is 0.588. The third-order valence-electron chi connectivity index (χ3n) is 4.27. The maximum atomic E-state index is 12.3. The van der Waals surface area contributed by atoms with Gasteiger partial charge in [-0.1, -0.05) is 45.9 Å². The molecule has 0 unspecified atom stereocenters. The van der Waals surface area contributed by atoms with Gasteiger partial charge < -0.3 is 19.1 Å². The molecule has 0 fully saturated rings. The number of rotatable bonds is 6. The van der Waals surface area contributed by atoms with E-state index in [4.69, 9.17) is 14.2 Å². The molecule has 6 nitrogen and oxygen atoms in total. The molecule has 27 heavy (non-hydrogen) atoms. The lowest BCUT2D eigenvalue weighted by molar-refractivity contribution is -0.136. The summed E-state index contributed by atoms with van der Waals surface area (Å²) in [7, 11) is 1.33. The van der Waals surface area contributed by atoms with Crippen LogP contribution in [-0.2, 0) is 14.3 Å². The van der Waals surface area contributed by atoms with Gasteiger partial charge in [0.15, 0.2) is 6.73 Å². The zero-order valence-electron chi connectivity index (χ0n) is 16.5. The molecule has 146 valence electrons. The molecule has 1 aromatic rings. The molecule has 6 heteroatoms. The van der Waals surface area contributed by atoms with Crippen LogP contribution >= 0.6 is 0 Å². The van der Waals surface area contributed by atoms with Gasteiger partial charge in [-0.05, 0) is 35.1 Å². The topological polar surface area (TPSA) is 65.1 Å². The molecule has 1 aromatic carbocycles. The second-order valence-electron chi connectivity index (χ2n) is 6.97. The Morgan fingerprint density at radius 1 is 1.11 bits per heavy atom. The Hall–Kier alpha value is -2.76. The number of carbonyl (C=O) groups excluding carboxylic acids is 2. The van der Waals surface area contributed by atoms with Gasteiger partial charge in [-0.15, -0.1) is 0 Å². The largest absolute Gasteiger partial charge is 0.515 e. The second kappa shape index (κ2) is 9.26. The quantitative estimate of drug-likeness (QED) is 0.546. The molecule has 0 aliphatic carbocycles. The zero-order chi connectivity index (χ0) is 20.0. The van der Waals surface area contributed by atoms with Gasteiger partial charge in [0.25, 0.3) is 0 Å². The Kier molecular flexibility index (Phi) is 7.05. The van der Waals surface area contributed by atoms with Crippen molar-refractivity contribution in [1.29, 1.82) is 0 Å². The Morgan fingerprint density at radius 3 is 2.30 bits per heavy atom. The molecule has 0 bridgehead atoms. The maximum absolute atomic E-state index is 12.3. The predicted octanol–water partition coefficient (Wildman–Crippen LogP) is 4.34. The van der Waals surface area contributed by atoms with Gasteiger partial charge in [0.2, 0.25) is 0 Å².